The maximum Gasteiger partial charge on any atom is 0.331 e. The number of hydrogen-bond donors (Lipinski definition) is 2. The average Bonchev–Trinajstić information content (AvgIpc) is 2.74. The smallest absolute Gasteiger partial charge is 0.331 e. The quantitative estimate of drug-likeness (QED) is 0.751. The molecular formula is C15H22O3. The summed E-state index contributed by atoms with van der Waals surface area (Å²) in [5.41, 5.74) is 0.845. The first-order valence-corrected chi connectivity index (χ1v) is 6.91. The zero-order chi connectivity index (χ0) is 13.3. The largest absolute Gasteiger partial charge is 0.478 e. The minimum Gasteiger partial charge on any atom is -0.478 e. The molecule has 3 heteroatoms. The van der Waals surface area contributed by atoms with E-state index in [0.29, 0.717) is 17.9 Å². The minimum absolute atomic E-state index is 0.0106. The normalized spacial score (nSPS) is 48.8. The lowest BCUT2D eigenvalue weighted by Gasteiger charge is -2.36. The van der Waals surface area contributed by atoms with Gasteiger partial charge in [0.25, 0.3) is 0 Å². The van der Waals surface area contributed by atoms with E-state index in [1.54, 1.807) is 0 Å². The number of carbonyl (C=O) groups is 1. The van der Waals surface area contributed by atoms with Crippen LogP contribution in [0.1, 0.15) is 40.0 Å². The van der Waals surface area contributed by atoms with Gasteiger partial charge in [0.15, 0.2) is 0 Å². The van der Waals surface area contributed by atoms with Crippen molar-refractivity contribution in [2.75, 3.05) is 0 Å². The maximum absolute atomic E-state index is 11.4. The van der Waals surface area contributed by atoms with Crippen molar-refractivity contribution in [2.24, 2.45) is 28.6 Å². The fourth-order valence-electron chi connectivity index (χ4n) is 5.22. The average molecular weight is 250 g/mol. The van der Waals surface area contributed by atoms with Gasteiger partial charge in [-0.05, 0) is 47.8 Å². The van der Waals surface area contributed by atoms with Crippen LogP contribution in [0, 0.1) is 28.6 Å². The number of carboxylic acids is 1. The van der Waals surface area contributed by atoms with E-state index in [9.17, 15) is 15.0 Å². The first-order valence-electron chi connectivity index (χ1n) is 6.91. The van der Waals surface area contributed by atoms with E-state index < -0.39 is 5.97 Å². The maximum atomic E-state index is 11.4. The second-order valence-corrected chi connectivity index (χ2v) is 7.34. The highest BCUT2D eigenvalue weighted by atomic mass is 16.4. The van der Waals surface area contributed by atoms with Crippen molar-refractivity contribution in [3.8, 4) is 0 Å². The zero-order valence-electron chi connectivity index (χ0n) is 11.3. The van der Waals surface area contributed by atoms with Gasteiger partial charge in [-0.2, -0.15) is 0 Å². The van der Waals surface area contributed by atoms with Crippen LogP contribution in [0.5, 0.6) is 0 Å². The summed E-state index contributed by atoms with van der Waals surface area (Å²) in [4.78, 5) is 11.4. The van der Waals surface area contributed by atoms with Crippen LogP contribution in [-0.2, 0) is 4.79 Å². The molecular weight excluding hydrogens is 228 g/mol. The Morgan fingerprint density at radius 2 is 2.11 bits per heavy atom. The number of hydrogen-bond acceptors (Lipinski definition) is 2. The Morgan fingerprint density at radius 1 is 1.44 bits per heavy atom. The number of carboxylic acid groups (broad SMARTS) is 1. The van der Waals surface area contributed by atoms with Crippen molar-refractivity contribution < 1.29 is 15.0 Å². The van der Waals surface area contributed by atoms with Gasteiger partial charge in [-0.1, -0.05) is 26.8 Å². The fraction of sp³-hybridized carbons (Fsp3) is 0.800. The van der Waals surface area contributed by atoms with Gasteiger partial charge in [0, 0.05) is 5.57 Å². The van der Waals surface area contributed by atoms with Crippen LogP contribution in [-0.4, -0.2) is 22.3 Å². The molecule has 1 unspecified atom stereocenters. The molecule has 0 bridgehead atoms. The number of aliphatic carboxylic acids is 1. The lowest BCUT2D eigenvalue weighted by molar-refractivity contribution is -0.133. The summed E-state index contributed by atoms with van der Waals surface area (Å²) in [6.45, 7) is 6.64. The van der Waals surface area contributed by atoms with E-state index in [-0.39, 0.29) is 28.8 Å². The molecule has 1 spiro atoms. The van der Waals surface area contributed by atoms with Gasteiger partial charge in [0.2, 0.25) is 0 Å². The minimum atomic E-state index is -0.784. The van der Waals surface area contributed by atoms with Crippen LogP contribution in [0.25, 0.3) is 0 Å². The Bertz CT molecular complexity index is 437. The van der Waals surface area contributed by atoms with Gasteiger partial charge >= 0.3 is 5.97 Å². The van der Waals surface area contributed by atoms with Crippen LogP contribution in [0.2, 0.25) is 0 Å². The predicted molar refractivity (Wildman–Crippen MR) is 67.9 cm³/mol. The SMILES string of the molecule is C[C@@H]1[C@H](O)C[C@H]2C(C(=O)O)=C[C@@H]3CC(C)(C)CC312. The van der Waals surface area contributed by atoms with Gasteiger partial charge in [-0.15, -0.1) is 0 Å². The summed E-state index contributed by atoms with van der Waals surface area (Å²) in [5, 5.41) is 19.6. The summed E-state index contributed by atoms with van der Waals surface area (Å²) in [6, 6.07) is 0. The van der Waals surface area contributed by atoms with E-state index in [2.05, 4.69) is 20.8 Å². The van der Waals surface area contributed by atoms with Crippen molar-refractivity contribution in [1.82, 2.24) is 0 Å². The molecule has 0 aliphatic heterocycles. The van der Waals surface area contributed by atoms with Crippen LogP contribution in [0.4, 0.5) is 0 Å². The molecule has 2 N–H and O–H groups in total. The Balaban J connectivity index is 2.08. The molecule has 0 amide bonds. The lowest BCUT2D eigenvalue weighted by atomic mass is 9.67. The van der Waals surface area contributed by atoms with Crippen LogP contribution in [0.3, 0.4) is 0 Å². The van der Waals surface area contributed by atoms with E-state index in [1.807, 2.05) is 6.08 Å². The standard InChI is InChI=1S/C15H22O3/c1-8-12(16)5-11-10(13(17)18)4-9-6-14(2,3)7-15(8,9)11/h4,8-9,11-12,16H,5-7H2,1-3H3,(H,17,18)/t8-,9-,11+,12-,15?/m1/s1. The van der Waals surface area contributed by atoms with Gasteiger partial charge in [-0.3, -0.25) is 0 Å². The second-order valence-electron chi connectivity index (χ2n) is 7.34. The molecule has 0 aromatic rings. The molecule has 0 aromatic carbocycles. The third kappa shape index (κ3) is 1.31. The van der Waals surface area contributed by atoms with Crippen LogP contribution in [0.15, 0.2) is 11.6 Å². The van der Waals surface area contributed by atoms with E-state index in [4.69, 9.17) is 0 Å². The predicted octanol–water partition coefficient (Wildman–Crippen LogP) is 2.45. The molecule has 100 valence electrons. The molecule has 0 saturated heterocycles. The first kappa shape index (κ1) is 12.2. The molecule has 3 rings (SSSR count). The van der Waals surface area contributed by atoms with Crippen molar-refractivity contribution in [2.45, 2.75) is 46.1 Å². The topological polar surface area (TPSA) is 57.5 Å². The van der Waals surface area contributed by atoms with Gasteiger partial charge in [0.1, 0.15) is 0 Å². The molecule has 3 aliphatic rings. The molecule has 0 radical (unpaired) electrons. The molecule has 2 saturated carbocycles. The molecule has 3 nitrogen and oxygen atoms in total. The highest BCUT2D eigenvalue weighted by Gasteiger charge is 2.65. The third-order valence-corrected chi connectivity index (χ3v) is 5.80. The van der Waals surface area contributed by atoms with Gasteiger partial charge < -0.3 is 10.2 Å². The summed E-state index contributed by atoms with van der Waals surface area (Å²) in [7, 11) is 0. The Hall–Kier alpha value is -0.830. The van der Waals surface area contributed by atoms with Gasteiger partial charge in [0.05, 0.1) is 6.10 Å². The zero-order valence-corrected chi connectivity index (χ0v) is 11.3. The van der Waals surface area contributed by atoms with Crippen molar-refractivity contribution in [3.63, 3.8) is 0 Å². The highest BCUT2D eigenvalue weighted by molar-refractivity contribution is 5.88. The van der Waals surface area contributed by atoms with Crippen molar-refractivity contribution in [3.05, 3.63) is 11.6 Å². The fourth-order valence-corrected chi connectivity index (χ4v) is 5.22. The summed E-state index contributed by atoms with van der Waals surface area (Å²) < 4.78 is 0. The van der Waals surface area contributed by atoms with Crippen molar-refractivity contribution in [1.29, 1.82) is 0 Å². The monoisotopic (exact) mass is 250 g/mol. The molecule has 5 atom stereocenters. The van der Waals surface area contributed by atoms with Gasteiger partial charge in [-0.25, -0.2) is 4.79 Å². The Morgan fingerprint density at radius 3 is 2.72 bits per heavy atom. The van der Waals surface area contributed by atoms with Crippen LogP contribution < -0.4 is 0 Å². The van der Waals surface area contributed by atoms with E-state index in [0.717, 1.165) is 12.8 Å². The van der Waals surface area contributed by atoms with Crippen LogP contribution >= 0.6 is 0 Å². The highest BCUT2D eigenvalue weighted by Crippen LogP contribution is 2.70. The Labute approximate surface area is 108 Å². The second kappa shape index (κ2) is 3.38. The molecule has 3 aliphatic carbocycles. The third-order valence-electron chi connectivity index (χ3n) is 5.80. The molecule has 2 fully saturated rings. The molecule has 0 aromatic heterocycles. The van der Waals surface area contributed by atoms with E-state index >= 15 is 0 Å². The van der Waals surface area contributed by atoms with Crippen molar-refractivity contribution >= 4 is 5.97 Å². The molecule has 0 heterocycles. The summed E-state index contributed by atoms with van der Waals surface area (Å²) >= 11 is 0. The Kier molecular flexibility index (Phi) is 2.30. The number of aliphatic hydroxyl groups excluding tert-OH is 1. The molecule has 18 heavy (non-hydrogen) atoms. The lowest BCUT2D eigenvalue weighted by Crippen LogP contribution is -2.34. The number of allylic oxidation sites excluding steroid dienone is 1. The van der Waals surface area contributed by atoms with E-state index in [1.165, 1.54) is 0 Å². The summed E-state index contributed by atoms with van der Waals surface area (Å²) in [5.74, 6) is -0.169. The number of aliphatic hydroxyl groups is 1. The summed E-state index contributed by atoms with van der Waals surface area (Å²) in [6.07, 6.45) is 4.39. The first-order chi connectivity index (χ1) is 8.28. The number of rotatable bonds is 1.